The molecule has 0 fully saturated rings. The Kier molecular flexibility index (Phi) is 1.89. The standard InChI is InChI=1S/C11H10NO/c1-8-3-4-10(7-9(8)2)11-12-5-6-13-11/h3,5-7H,1-2H3. The van der Waals surface area contributed by atoms with E-state index in [1.54, 1.807) is 12.5 Å². The van der Waals surface area contributed by atoms with Crippen LogP contribution >= 0.6 is 0 Å². The van der Waals surface area contributed by atoms with Gasteiger partial charge in [-0.2, -0.15) is 0 Å². The lowest BCUT2D eigenvalue weighted by molar-refractivity contribution is 0.574. The SMILES string of the molecule is Cc1c[c]c(-c2ncco2)cc1C. The Morgan fingerprint density at radius 3 is 2.77 bits per heavy atom. The molecular weight excluding hydrogens is 162 g/mol. The highest BCUT2D eigenvalue weighted by molar-refractivity contribution is 5.54. The van der Waals surface area contributed by atoms with Crippen molar-refractivity contribution in [1.29, 1.82) is 0 Å². The monoisotopic (exact) mass is 172 g/mol. The van der Waals surface area contributed by atoms with Crippen LogP contribution in [-0.2, 0) is 0 Å². The molecule has 13 heavy (non-hydrogen) atoms. The zero-order valence-electron chi connectivity index (χ0n) is 7.66. The molecule has 2 rings (SSSR count). The molecule has 0 aliphatic rings. The van der Waals surface area contributed by atoms with Gasteiger partial charge in [0.15, 0.2) is 0 Å². The first-order valence-corrected chi connectivity index (χ1v) is 4.16. The van der Waals surface area contributed by atoms with E-state index < -0.39 is 0 Å². The van der Waals surface area contributed by atoms with Crippen LogP contribution in [0.5, 0.6) is 0 Å². The molecule has 0 aliphatic heterocycles. The fraction of sp³-hybridized carbons (Fsp3) is 0.182. The van der Waals surface area contributed by atoms with Crippen molar-refractivity contribution >= 4 is 0 Å². The topological polar surface area (TPSA) is 26.0 Å². The minimum absolute atomic E-state index is 0.628. The van der Waals surface area contributed by atoms with Gasteiger partial charge in [0, 0.05) is 5.56 Å². The number of benzene rings is 1. The number of aromatic nitrogens is 1. The Bertz CT molecular complexity index is 404. The van der Waals surface area contributed by atoms with E-state index in [0.717, 1.165) is 5.56 Å². The third-order valence-corrected chi connectivity index (χ3v) is 2.09. The summed E-state index contributed by atoms with van der Waals surface area (Å²) in [6, 6.07) is 7.11. The van der Waals surface area contributed by atoms with E-state index in [4.69, 9.17) is 4.42 Å². The summed E-state index contributed by atoms with van der Waals surface area (Å²) in [4.78, 5) is 4.06. The van der Waals surface area contributed by atoms with E-state index in [0.29, 0.717) is 5.89 Å². The van der Waals surface area contributed by atoms with Crippen LogP contribution in [0.1, 0.15) is 11.1 Å². The van der Waals surface area contributed by atoms with Crippen LogP contribution in [0.25, 0.3) is 11.5 Å². The van der Waals surface area contributed by atoms with Crippen LogP contribution in [0.2, 0.25) is 0 Å². The molecule has 0 unspecified atom stereocenters. The first-order valence-electron chi connectivity index (χ1n) is 4.16. The number of nitrogens with zero attached hydrogens (tertiary/aromatic N) is 1. The zero-order chi connectivity index (χ0) is 9.26. The Morgan fingerprint density at radius 2 is 2.15 bits per heavy atom. The van der Waals surface area contributed by atoms with Gasteiger partial charge < -0.3 is 4.42 Å². The van der Waals surface area contributed by atoms with Gasteiger partial charge in [0.1, 0.15) is 6.26 Å². The predicted octanol–water partition coefficient (Wildman–Crippen LogP) is 2.76. The van der Waals surface area contributed by atoms with Crippen LogP contribution in [0.3, 0.4) is 0 Å². The molecule has 0 N–H and O–H groups in total. The second kappa shape index (κ2) is 3.05. The Labute approximate surface area is 77.2 Å². The van der Waals surface area contributed by atoms with E-state index in [2.05, 4.69) is 24.9 Å². The molecule has 1 heterocycles. The Morgan fingerprint density at radius 1 is 1.31 bits per heavy atom. The van der Waals surface area contributed by atoms with Crippen molar-refractivity contribution in [3.05, 3.63) is 41.8 Å². The Balaban J connectivity index is 2.49. The summed E-state index contributed by atoms with van der Waals surface area (Å²) in [6.45, 7) is 4.13. The molecule has 65 valence electrons. The fourth-order valence-corrected chi connectivity index (χ4v) is 1.15. The molecular formula is C11H10NO. The lowest BCUT2D eigenvalue weighted by Gasteiger charge is -2.00. The fourth-order valence-electron chi connectivity index (χ4n) is 1.15. The van der Waals surface area contributed by atoms with Crippen LogP contribution < -0.4 is 0 Å². The largest absolute Gasteiger partial charge is 0.445 e. The third-order valence-electron chi connectivity index (χ3n) is 2.09. The summed E-state index contributed by atoms with van der Waals surface area (Å²) < 4.78 is 5.17. The van der Waals surface area contributed by atoms with Gasteiger partial charge in [-0.3, -0.25) is 0 Å². The molecule has 0 saturated carbocycles. The van der Waals surface area contributed by atoms with Crippen LogP contribution in [-0.4, -0.2) is 4.98 Å². The molecule has 0 amide bonds. The normalized spacial score (nSPS) is 10.3. The number of rotatable bonds is 1. The van der Waals surface area contributed by atoms with Gasteiger partial charge in [-0.05, 0) is 37.1 Å². The van der Waals surface area contributed by atoms with Crippen molar-refractivity contribution in [3.8, 4) is 11.5 Å². The molecule has 0 aliphatic carbocycles. The smallest absolute Gasteiger partial charge is 0.226 e. The maximum atomic E-state index is 5.17. The van der Waals surface area contributed by atoms with Gasteiger partial charge >= 0.3 is 0 Å². The number of aryl methyl sites for hydroxylation is 2. The van der Waals surface area contributed by atoms with Gasteiger partial charge in [0.2, 0.25) is 5.89 Å². The van der Waals surface area contributed by atoms with E-state index >= 15 is 0 Å². The van der Waals surface area contributed by atoms with Crippen molar-refractivity contribution < 1.29 is 4.42 Å². The maximum absolute atomic E-state index is 5.17. The minimum Gasteiger partial charge on any atom is -0.445 e. The van der Waals surface area contributed by atoms with E-state index in [1.807, 2.05) is 12.1 Å². The predicted molar refractivity (Wildman–Crippen MR) is 50.2 cm³/mol. The highest BCUT2D eigenvalue weighted by Crippen LogP contribution is 2.19. The lowest BCUT2D eigenvalue weighted by atomic mass is 10.1. The second-order valence-corrected chi connectivity index (χ2v) is 3.05. The summed E-state index contributed by atoms with van der Waals surface area (Å²) >= 11 is 0. The first kappa shape index (κ1) is 8.05. The van der Waals surface area contributed by atoms with Crippen molar-refractivity contribution in [2.75, 3.05) is 0 Å². The molecule has 2 nitrogen and oxygen atoms in total. The summed E-state index contributed by atoms with van der Waals surface area (Å²) in [5, 5.41) is 0. The molecule has 2 aromatic rings. The summed E-state index contributed by atoms with van der Waals surface area (Å²) in [5.41, 5.74) is 3.37. The van der Waals surface area contributed by atoms with Crippen LogP contribution in [0.15, 0.2) is 29.0 Å². The third kappa shape index (κ3) is 1.47. The van der Waals surface area contributed by atoms with E-state index in [-0.39, 0.29) is 0 Å². The van der Waals surface area contributed by atoms with Crippen molar-refractivity contribution in [3.63, 3.8) is 0 Å². The Hall–Kier alpha value is -1.57. The lowest BCUT2D eigenvalue weighted by Crippen LogP contribution is -1.83. The van der Waals surface area contributed by atoms with Gasteiger partial charge in [-0.15, -0.1) is 0 Å². The van der Waals surface area contributed by atoms with Crippen LogP contribution in [0, 0.1) is 19.9 Å². The average molecular weight is 172 g/mol. The number of hydrogen-bond donors (Lipinski definition) is 0. The van der Waals surface area contributed by atoms with Crippen molar-refractivity contribution in [2.24, 2.45) is 0 Å². The maximum Gasteiger partial charge on any atom is 0.226 e. The van der Waals surface area contributed by atoms with Gasteiger partial charge in [0.25, 0.3) is 0 Å². The van der Waals surface area contributed by atoms with Crippen LogP contribution in [0.4, 0.5) is 0 Å². The van der Waals surface area contributed by atoms with Crippen molar-refractivity contribution in [2.45, 2.75) is 13.8 Å². The molecule has 1 radical (unpaired) electrons. The molecule has 1 aromatic carbocycles. The quantitative estimate of drug-likeness (QED) is 0.661. The van der Waals surface area contributed by atoms with Gasteiger partial charge in [-0.25, -0.2) is 4.98 Å². The summed E-state index contributed by atoms with van der Waals surface area (Å²) in [6.07, 6.45) is 3.21. The molecule has 0 atom stereocenters. The molecule has 2 heteroatoms. The molecule has 0 bridgehead atoms. The number of oxazole rings is 1. The average Bonchev–Trinajstić information content (AvgIpc) is 2.62. The molecule has 0 spiro atoms. The highest BCUT2D eigenvalue weighted by Gasteiger charge is 2.03. The summed E-state index contributed by atoms with van der Waals surface area (Å²) in [7, 11) is 0. The minimum atomic E-state index is 0.628. The van der Waals surface area contributed by atoms with Gasteiger partial charge in [-0.1, -0.05) is 6.07 Å². The molecule has 1 aromatic heterocycles. The van der Waals surface area contributed by atoms with E-state index in [1.165, 1.54) is 11.1 Å². The van der Waals surface area contributed by atoms with Crippen molar-refractivity contribution in [1.82, 2.24) is 4.98 Å². The zero-order valence-corrected chi connectivity index (χ0v) is 7.66. The first-order chi connectivity index (χ1) is 6.27. The second-order valence-electron chi connectivity index (χ2n) is 3.05. The molecule has 0 saturated heterocycles. The van der Waals surface area contributed by atoms with Gasteiger partial charge in [0.05, 0.1) is 6.20 Å². The van der Waals surface area contributed by atoms with E-state index in [9.17, 15) is 0 Å². The highest BCUT2D eigenvalue weighted by atomic mass is 16.3. The summed E-state index contributed by atoms with van der Waals surface area (Å²) in [5.74, 6) is 0.628. The number of hydrogen-bond acceptors (Lipinski definition) is 2.